The van der Waals surface area contributed by atoms with Gasteiger partial charge in [0.15, 0.2) is 0 Å². The third-order valence-corrected chi connectivity index (χ3v) is 3.69. The van der Waals surface area contributed by atoms with E-state index in [4.69, 9.17) is 9.47 Å². The maximum atomic E-state index is 9.59. The molecule has 0 aliphatic carbocycles. The van der Waals surface area contributed by atoms with Gasteiger partial charge in [-0.25, -0.2) is 0 Å². The van der Waals surface area contributed by atoms with Gasteiger partial charge in [0.2, 0.25) is 0 Å². The Bertz CT molecular complexity index is 755. The van der Waals surface area contributed by atoms with Crippen molar-refractivity contribution >= 4 is 0 Å². The number of ether oxygens (including phenoxy) is 2. The van der Waals surface area contributed by atoms with Gasteiger partial charge in [-0.2, -0.15) is 0 Å². The second-order valence-electron chi connectivity index (χ2n) is 5.48. The monoisotopic (exact) mass is 320 g/mol. The third kappa shape index (κ3) is 4.37. The average molecular weight is 320 g/mol. The maximum absolute atomic E-state index is 9.59. The van der Waals surface area contributed by atoms with Crippen LogP contribution in [-0.4, -0.2) is 5.11 Å². The molecule has 3 heteroatoms. The van der Waals surface area contributed by atoms with Gasteiger partial charge in [-0.3, -0.25) is 0 Å². The first-order valence-corrected chi connectivity index (χ1v) is 7.92. The Labute approximate surface area is 142 Å². The van der Waals surface area contributed by atoms with Crippen LogP contribution in [0.5, 0.6) is 11.5 Å². The van der Waals surface area contributed by atoms with E-state index in [0.717, 1.165) is 22.4 Å². The van der Waals surface area contributed by atoms with E-state index in [2.05, 4.69) is 0 Å². The van der Waals surface area contributed by atoms with Crippen LogP contribution in [0, 0.1) is 0 Å². The van der Waals surface area contributed by atoms with Crippen LogP contribution in [0.1, 0.15) is 16.7 Å². The molecule has 0 atom stereocenters. The summed E-state index contributed by atoms with van der Waals surface area (Å²) in [7, 11) is 0. The number of rotatable bonds is 7. The van der Waals surface area contributed by atoms with Crippen LogP contribution < -0.4 is 9.47 Å². The van der Waals surface area contributed by atoms with Crippen molar-refractivity contribution in [1.82, 2.24) is 0 Å². The van der Waals surface area contributed by atoms with Gasteiger partial charge in [0.25, 0.3) is 0 Å². The molecule has 0 fully saturated rings. The van der Waals surface area contributed by atoms with Gasteiger partial charge in [-0.15, -0.1) is 0 Å². The molecule has 0 aromatic heterocycles. The van der Waals surface area contributed by atoms with Crippen LogP contribution in [0.15, 0.2) is 78.9 Å². The van der Waals surface area contributed by atoms with Crippen LogP contribution in [0.25, 0.3) is 0 Å². The molecule has 0 bridgehead atoms. The summed E-state index contributed by atoms with van der Waals surface area (Å²) in [5.41, 5.74) is 2.91. The van der Waals surface area contributed by atoms with Gasteiger partial charge < -0.3 is 14.6 Å². The van der Waals surface area contributed by atoms with Gasteiger partial charge >= 0.3 is 0 Å². The molecule has 3 nitrogen and oxygen atoms in total. The van der Waals surface area contributed by atoms with E-state index in [9.17, 15) is 5.11 Å². The van der Waals surface area contributed by atoms with E-state index >= 15 is 0 Å². The van der Waals surface area contributed by atoms with Crippen molar-refractivity contribution < 1.29 is 14.6 Å². The molecule has 0 saturated carbocycles. The summed E-state index contributed by atoms with van der Waals surface area (Å²) in [6, 6.07) is 25.5. The summed E-state index contributed by atoms with van der Waals surface area (Å²) in [4.78, 5) is 0. The number of hydrogen-bond donors (Lipinski definition) is 1. The number of aliphatic hydroxyl groups is 1. The molecule has 1 N–H and O–H groups in total. The van der Waals surface area contributed by atoms with E-state index in [1.54, 1.807) is 0 Å². The van der Waals surface area contributed by atoms with E-state index in [1.165, 1.54) is 0 Å². The second kappa shape index (κ2) is 8.18. The lowest BCUT2D eigenvalue weighted by molar-refractivity contribution is 0.255. The van der Waals surface area contributed by atoms with Crippen LogP contribution in [0.3, 0.4) is 0 Å². The van der Waals surface area contributed by atoms with Gasteiger partial charge in [0.1, 0.15) is 24.7 Å². The molecule has 3 aromatic rings. The van der Waals surface area contributed by atoms with Crippen molar-refractivity contribution in [2.75, 3.05) is 0 Å². The summed E-state index contributed by atoms with van der Waals surface area (Å²) in [5.74, 6) is 1.39. The Balaban J connectivity index is 1.64. The molecule has 122 valence electrons. The molecule has 0 amide bonds. The SMILES string of the molecule is OCc1cc(OCc2ccccc2)ccc1OCc1ccccc1. The Morgan fingerprint density at radius 3 is 1.83 bits per heavy atom. The van der Waals surface area contributed by atoms with Crippen LogP contribution in [-0.2, 0) is 19.8 Å². The number of benzene rings is 3. The zero-order valence-corrected chi connectivity index (χ0v) is 13.4. The molecular formula is C21H20O3. The van der Waals surface area contributed by atoms with E-state index in [0.29, 0.717) is 19.0 Å². The largest absolute Gasteiger partial charge is 0.489 e. The minimum absolute atomic E-state index is 0.0906. The fraction of sp³-hybridized carbons (Fsp3) is 0.143. The normalized spacial score (nSPS) is 10.4. The molecule has 0 unspecified atom stereocenters. The lowest BCUT2D eigenvalue weighted by Crippen LogP contribution is -2.00. The molecule has 3 aromatic carbocycles. The van der Waals surface area contributed by atoms with Crippen LogP contribution in [0.4, 0.5) is 0 Å². The van der Waals surface area contributed by atoms with E-state index in [-0.39, 0.29) is 6.61 Å². The summed E-state index contributed by atoms with van der Waals surface area (Å²) in [6.45, 7) is 0.876. The van der Waals surface area contributed by atoms with Gasteiger partial charge in [0, 0.05) is 5.56 Å². The number of hydrogen-bond acceptors (Lipinski definition) is 3. The van der Waals surface area contributed by atoms with E-state index < -0.39 is 0 Å². The average Bonchev–Trinajstić information content (AvgIpc) is 2.66. The third-order valence-electron chi connectivity index (χ3n) is 3.69. The smallest absolute Gasteiger partial charge is 0.125 e. The highest BCUT2D eigenvalue weighted by Gasteiger charge is 2.06. The quantitative estimate of drug-likeness (QED) is 0.704. The maximum Gasteiger partial charge on any atom is 0.125 e. The Kier molecular flexibility index (Phi) is 5.48. The highest BCUT2D eigenvalue weighted by atomic mass is 16.5. The Hall–Kier alpha value is -2.78. The van der Waals surface area contributed by atoms with Crippen molar-refractivity contribution in [3.8, 4) is 11.5 Å². The van der Waals surface area contributed by atoms with Crippen LogP contribution in [0.2, 0.25) is 0 Å². The highest BCUT2D eigenvalue weighted by Crippen LogP contribution is 2.26. The fourth-order valence-corrected chi connectivity index (χ4v) is 2.39. The second-order valence-corrected chi connectivity index (χ2v) is 5.48. The van der Waals surface area contributed by atoms with Crippen molar-refractivity contribution in [2.24, 2.45) is 0 Å². The predicted octanol–water partition coefficient (Wildman–Crippen LogP) is 4.34. The topological polar surface area (TPSA) is 38.7 Å². The molecule has 0 saturated heterocycles. The predicted molar refractivity (Wildman–Crippen MR) is 93.9 cm³/mol. The highest BCUT2D eigenvalue weighted by molar-refractivity contribution is 5.40. The zero-order valence-electron chi connectivity index (χ0n) is 13.4. The minimum Gasteiger partial charge on any atom is -0.489 e. The molecule has 0 aliphatic heterocycles. The molecular weight excluding hydrogens is 300 g/mol. The van der Waals surface area contributed by atoms with Crippen LogP contribution >= 0.6 is 0 Å². The van der Waals surface area contributed by atoms with Gasteiger partial charge in [0.05, 0.1) is 6.61 Å². The molecule has 3 rings (SSSR count). The molecule has 0 heterocycles. The first-order chi connectivity index (χ1) is 11.8. The molecule has 24 heavy (non-hydrogen) atoms. The zero-order chi connectivity index (χ0) is 16.6. The summed E-state index contributed by atoms with van der Waals surface area (Å²) < 4.78 is 11.6. The van der Waals surface area contributed by atoms with Crippen molar-refractivity contribution in [3.63, 3.8) is 0 Å². The van der Waals surface area contributed by atoms with Crippen molar-refractivity contribution in [3.05, 3.63) is 95.6 Å². The summed E-state index contributed by atoms with van der Waals surface area (Å²) in [6.07, 6.45) is 0. The first-order valence-electron chi connectivity index (χ1n) is 7.92. The lowest BCUT2D eigenvalue weighted by atomic mass is 10.2. The Morgan fingerprint density at radius 2 is 1.25 bits per heavy atom. The number of aliphatic hydroxyl groups excluding tert-OH is 1. The Morgan fingerprint density at radius 1 is 0.667 bits per heavy atom. The first kappa shape index (κ1) is 16.1. The standard InChI is InChI=1S/C21H20O3/c22-14-19-13-20(23-15-17-7-3-1-4-8-17)11-12-21(19)24-16-18-9-5-2-6-10-18/h1-13,22H,14-16H2. The van der Waals surface area contributed by atoms with E-state index in [1.807, 2.05) is 78.9 Å². The van der Waals surface area contributed by atoms with Gasteiger partial charge in [-0.1, -0.05) is 60.7 Å². The molecule has 0 spiro atoms. The molecule has 0 radical (unpaired) electrons. The fourth-order valence-electron chi connectivity index (χ4n) is 2.39. The van der Waals surface area contributed by atoms with Gasteiger partial charge in [-0.05, 0) is 29.3 Å². The summed E-state index contributed by atoms with van der Waals surface area (Å²) in [5, 5.41) is 9.59. The lowest BCUT2D eigenvalue weighted by Gasteiger charge is -2.13. The minimum atomic E-state index is -0.0906. The summed E-state index contributed by atoms with van der Waals surface area (Å²) >= 11 is 0. The van der Waals surface area contributed by atoms with Crippen molar-refractivity contribution in [1.29, 1.82) is 0 Å². The molecule has 0 aliphatic rings. The van der Waals surface area contributed by atoms with Crippen molar-refractivity contribution in [2.45, 2.75) is 19.8 Å².